The summed E-state index contributed by atoms with van der Waals surface area (Å²) in [7, 11) is 0. The first-order valence-corrected chi connectivity index (χ1v) is 9.33. The summed E-state index contributed by atoms with van der Waals surface area (Å²) in [6.07, 6.45) is 4.78. The molecule has 0 saturated heterocycles. The normalized spacial score (nSPS) is 13.2. The van der Waals surface area contributed by atoms with Crippen molar-refractivity contribution in [3.8, 4) is 11.8 Å². The van der Waals surface area contributed by atoms with E-state index in [9.17, 15) is 5.11 Å². The van der Waals surface area contributed by atoms with Gasteiger partial charge >= 0.3 is 0 Å². The number of hydrogen-bond donors (Lipinski definition) is 2. The smallest absolute Gasteiger partial charge is 0.0771 e. The molecular formula is C21H27NOS. The number of aliphatic hydroxyl groups is 1. The Morgan fingerprint density at radius 3 is 2.79 bits per heavy atom. The number of aliphatic hydroxyl groups excluding tert-OH is 1. The predicted molar refractivity (Wildman–Crippen MR) is 103 cm³/mol. The minimum absolute atomic E-state index is 0.0198. The number of aryl methyl sites for hydroxylation is 3. The first kappa shape index (κ1) is 18.7. The average molecular weight is 342 g/mol. The minimum atomic E-state index is -0.494. The van der Waals surface area contributed by atoms with Crippen LogP contribution < -0.4 is 5.73 Å². The zero-order chi connectivity index (χ0) is 17.4. The van der Waals surface area contributed by atoms with Gasteiger partial charge in [0.25, 0.3) is 0 Å². The van der Waals surface area contributed by atoms with Crippen molar-refractivity contribution in [2.75, 3.05) is 6.61 Å². The highest BCUT2D eigenvalue weighted by Gasteiger charge is 2.16. The highest BCUT2D eigenvalue weighted by molar-refractivity contribution is 7.12. The Balaban J connectivity index is 1.75. The lowest BCUT2D eigenvalue weighted by Crippen LogP contribution is -2.40. The standard InChI is InChI=1S/C21H27NOS/c1-17-7-6-9-18(15-17)8-4-3-5-10-19-11-12-20(24-19)13-14-21(2,22)16-23/h6-7,9,11-12,15,23H,3-4,8,13-14,16,22H2,1-2H3. The van der Waals surface area contributed by atoms with Gasteiger partial charge in [0.1, 0.15) is 0 Å². The van der Waals surface area contributed by atoms with E-state index in [0.717, 1.165) is 37.0 Å². The molecule has 1 heterocycles. The van der Waals surface area contributed by atoms with E-state index in [4.69, 9.17) is 5.73 Å². The summed E-state index contributed by atoms with van der Waals surface area (Å²) in [5.74, 6) is 6.54. The number of benzene rings is 1. The van der Waals surface area contributed by atoms with Crippen molar-refractivity contribution in [3.63, 3.8) is 0 Å². The average Bonchev–Trinajstić information content (AvgIpc) is 3.01. The molecule has 1 aromatic carbocycles. The van der Waals surface area contributed by atoms with Crippen molar-refractivity contribution in [2.24, 2.45) is 5.73 Å². The molecule has 2 aromatic rings. The van der Waals surface area contributed by atoms with Crippen LogP contribution in [0.4, 0.5) is 0 Å². The number of thiophene rings is 1. The molecule has 24 heavy (non-hydrogen) atoms. The Hall–Kier alpha value is -1.60. The van der Waals surface area contributed by atoms with Crippen molar-refractivity contribution in [2.45, 2.75) is 51.5 Å². The van der Waals surface area contributed by atoms with Gasteiger partial charge in [0, 0.05) is 16.8 Å². The van der Waals surface area contributed by atoms with Crippen molar-refractivity contribution in [1.82, 2.24) is 0 Å². The van der Waals surface area contributed by atoms with Crippen LogP contribution in [0.1, 0.15) is 47.1 Å². The first-order chi connectivity index (χ1) is 11.5. The van der Waals surface area contributed by atoms with Gasteiger partial charge in [-0.1, -0.05) is 41.7 Å². The molecule has 0 saturated carbocycles. The van der Waals surface area contributed by atoms with Crippen molar-refractivity contribution < 1.29 is 5.11 Å². The fraction of sp³-hybridized carbons (Fsp3) is 0.429. The third kappa shape index (κ3) is 6.49. The third-order valence-electron chi connectivity index (χ3n) is 4.03. The molecule has 1 unspecified atom stereocenters. The first-order valence-electron chi connectivity index (χ1n) is 8.51. The van der Waals surface area contributed by atoms with Crippen molar-refractivity contribution >= 4 is 11.3 Å². The van der Waals surface area contributed by atoms with Crippen LogP contribution >= 0.6 is 11.3 Å². The van der Waals surface area contributed by atoms with Crippen LogP contribution in [0.3, 0.4) is 0 Å². The lowest BCUT2D eigenvalue weighted by molar-refractivity contribution is 0.201. The van der Waals surface area contributed by atoms with Gasteiger partial charge in [-0.15, -0.1) is 11.3 Å². The molecule has 1 aromatic heterocycles. The molecule has 0 amide bonds. The van der Waals surface area contributed by atoms with Gasteiger partial charge in [0.15, 0.2) is 0 Å². The Labute approximate surface area is 149 Å². The molecule has 2 nitrogen and oxygen atoms in total. The van der Waals surface area contributed by atoms with Crippen LogP contribution in [0, 0.1) is 18.8 Å². The van der Waals surface area contributed by atoms with Crippen LogP contribution in [0.5, 0.6) is 0 Å². The fourth-order valence-corrected chi connectivity index (χ4v) is 3.35. The number of rotatable bonds is 7. The van der Waals surface area contributed by atoms with Crippen molar-refractivity contribution in [1.29, 1.82) is 0 Å². The Bertz CT molecular complexity index is 706. The maximum atomic E-state index is 9.20. The van der Waals surface area contributed by atoms with Gasteiger partial charge < -0.3 is 10.8 Å². The molecular weight excluding hydrogens is 314 g/mol. The van der Waals surface area contributed by atoms with E-state index in [0.29, 0.717) is 0 Å². The maximum absolute atomic E-state index is 9.20. The zero-order valence-electron chi connectivity index (χ0n) is 14.6. The maximum Gasteiger partial charge on any atom is 0.0771 e. The third-order valence-corrected chi connectivity index (χ3v) is 5.09. The molecule has 3 N–H and O–H groups in total. The molecule has 128 valence electrons. The van der Waals surface area contributed by atoms with Gasteiger partial charge in [-0.05, 0) is 57.2 Å². The lowest BCUT2D eigenvalue weighted by atomic mass is 9.98. The minimum Gasteiger partial charge on any atom is -0.394 e. The van der Waals surface area contributed by atoms with Crippen LogP contribution in [-0.4, -0.2) is 17.3 Å². The Morgan fingerprint density at radius 1 is 1.21 bits per heavy atom. The highest BCUT2D eigenvalue weighted by Crippen LogP contribution is 2.19. The second-order valence-corrected chi connectivity index (χ2v) is 7.89. The largest absolute Gasteiger partial charge is 0.394 e. The number of nitrogens with two attached hydrogens (primary N) is 1. The van der Waals surface area contributed by atoms with Crippen LogP contribution in [0.2, 0.25) is 0 Å². The van der Waals surface area contributed by atoms with E-state index >= 15 is 0 Å². The van der Waals surface area contributed by atoms with E-state index in [1.807, 2.05) is 6.92 Å². The quantitative estimate of drug-likeness (QED) is 0.589. The number of unbranched alkanes of at least 4 members (excludes halogenated alkanes) is 1. The molecule has 0 aliphatic carbocycles. The van der Waals surface area contributed by atoms with E-state index in [1.54, 1.807) is 11.3 Å². The lowest BCUT2D eigenvalue weighted by Gasteiger charge is -2.20. The van der Waals surface area contributed by atoms with E-state index in [-0.39, 0.29) is 6.61 Å². The SMILES string of the molecule is Cc1cccc(CCCC#Cc2ccc(CCC(C)(N)CO)s2)c1. The second-order valence-electron chi connectivity index (χ2n) is 6.72. The zero-order valence-corrected chi connectivity index (χ0v) is 15.5. The van der Waals surface area contributed by atoms with Gasteiger partial charge in [-0.3, -0.25) is 0 Å². The van der Waals surface area contributed by atoms with E-state index in [1.165, 1.54) is 16.0 Å². The molecule has 0 bridgehead atoms. The molecule has 0 aliphatic heterocycles. The van der Waals surface area contributed by atoms with Gasteiger partial charge in [0.05, 0.1) is 11.5 Å². The monoisotopic (exact) mass is 341 g/mol. The Kier molecular flexibility index (Phi) is 7.05. The van der Waals surface area contributed by atoms with Gasteiger partial charge in [-0.2, -0.15) is 0 Å². The summed E-state index contributed by atoms with van der Waals surface area (Å²) >= 11 is 1.73. The topological polar surface area (TPSA) is 46.2 Å². The second kappa shape index (κ2) is 9.03. The summed E-state index contributed by atoms with van der Waals surface area (Å²) in [6, 6.07) is 12.9. The summed E-state index contributed by atoms with van der Waals surface area (Å²) in [4.78, 5) is 2.40. The molecule has 0 spiro atoms. The summed E-state index contributed by atoms with van der Waals surface area (Å²) in [5.41, 5.74) is 8.19. The highest BCUT2D eigenvalue weighted by atomic mass is 32.1. The summed E-state index contributed by atoms with van der Waals surface area (Å²) in [6.45, 7) is 4.03. The molecule has 0 aliphatic rings. The summed E-state index contributed by atoms with van der Waals surface area (Å²) in [5, 5.41) is 9.20. The molecule has 1 atom stereocenters. The van der Waals surface area contributed by atoms with Crippen LogP contribution in [-0.2, 0) is 12.8 Å². The fourth-order valence-electron chi connectivity index (χ4n) is 2.47. The Morgan fingerprint density at radius 2 is 2.04 bits per heavy atom. The van der Waals surface area contributed by atoms with Gasteiger partial charge in [0.2, 0.25) is 0 Å². The van der Waals surface area contributed by atoms with Crippen molar-refractivity contribution in [3.05, 3.63) is 57.3 Å². The van der Waals surface area contributed by atoms with Gasteiger partial charge in [-0.25, -0.2) is 0 Å². The van der Waals surface area contributed by atoms with E-state index < -0.39 is 5.54 Å². The molecule has 0 radical (unpaired) electrons. The van der Waals surface area contributed by atoms with Crippen LogP contribution in [0.25, 0.3) is 0 Å². The molecule has 0 fully saturated rings. The molecule has 2 rings (SSSR count). The van der Waals surface area contributed by atoms with E-state index in [2.05, 4.69) is 55.2 Å². The number of hydrogen-bond acceptors (Lipinski definition) is 3. The predicted octanol–water partition coefficient (Wildman–Crippen LogP) is 4.07. The van der Waals surface area contributed by atoms with Crippen LogP contribution in [0.15, 0.2) is 36.4 Å². The summed E-state index contributed by atoms with van der Waals surface area (Å²) < 4.78 is 0. The molecule has 3 heteroatoms.